The molecule has 1 aromatic heterocycles. The molecule has 3 rings (SSSR count). The molecule has 10 heteroatoms. The molecule has 0 aliphatic carbocycles. The topological polar surface area (TPSA) is 140 Å². The molecule has 3 aromatic rings. The van der Waals surface area contributed by atoms with Gasteiger partial charge in [-0.3, -0.25) is 0 Å². The number of hydrogen-bond donors (Lipinski definition) is 4. The molecule has 2 aromatic carbocycles. The van der Waals surface area contributed by atoms with E-state index in [1.54, 1.807) is 0 Å². The maximum atomic E-state index is 11.7. The Hall–Kier alpha value is -5.22. The second-order valence-electron chi connectivity index (χ2n) is 9.51. The third-order valence-corrected chi connectivity index (χ3v) is 5.88. The molecule has 0 aliphatic rings. The number of carbonyl (C=O) groups is 2. The molecular weight excluding hydrogens is 556 g/mol. The number of aromatic nitrogens is 2. The van der Waals surface area contributed by atoms with Crippen LogP contribution in [0.25, 0.3) is 0 Å². The van der Waals surface area contributed by atoms with E-state index < -0.39 is 12.2 Å². The smallest absolute Gasteiger partial charge is 0.407 e. The van der Waals surface area contributed by atoms with Gasteiger partial charge in [0.25, 0.3) is 0 Å². The van der Waals surface area contributed by atoms with Crippen molar-refractivity contribution in [1.82, 2.24) is 20.6 Å². The van der Waals surface area contributed by atoms with E-state index in [0.717, 1.165) is 48.2 Å². The molecule has 232 valence electrons. The van der Waals surface area contributed by atoms with E-state index in [1.165, 1.54) is 0 Å². The lowest BCUT2D eigenvalue weighted by atomic mass is 10.2. The highest BCUT2D eigenvalue weighted by Gasteiger charge is 2.08. The minimum atomic E-state index is -0.457. The van der Waals surface area contributed by atoms with Gasteiger partial charge in [-0.05, 0) is 24.5 Å². The number of unbranched alkanes of at least 4 members (excludes halogenated alkanes) is 2. The van der Waals surface area contributed by atoms with Gasteiger partial charge in [0.15, 0.2) is 0 Å². The van der Waals surface area contributed by atoms with Gasteiger partial charge in [-0.25, -0.2) is 14.6 Å². The van der Waals surface area contributed by atoms with Crippen LogP contribution >= 0.6 is 0 Å². The van der Waals surface area contributed by atoms with Crippen molar-refractivity contribution < 1.29 is 19.1 Å². The van der Waals surface area contributed by atoms with Gasteiger partial charge in [0.2, 0.25) is 5.95 Å². The van der Waals surface area contributed by atoms with Gasteiger partial charge in [-0.1, -0.05) is 92.3 Å². The molecule has 0 saturated heterocycles. The van der Waals surface area contributed by atoms with Gasteiger partial charge in [0.05, 0.1) is 11.3 Å². The van der Waals surface area contributed by atoms with Crippen LogP contribution in [-0.2, 0) is 22.7 Å². The summed E-state index contributed by atoms with van der Waals surface area (Å²) in [6, 6.07) is 19.0. The van der Waals surface area contributed by atoms with Crippen LogP contribution in [0.15, 0.2) is 60.7 Å². The largest absolute Gasteiger partial charge is 0.445 e. The number of rotatable bonds is 13. The molecule has 0 radical (unpaired) electrons. The Morgan fingerprint density at radius 3 is 1.95 bits per heavy atom. The predicted octanol–water partition coefficient (Wildman–Crippen LogP) is 5.57. The van der Waals surface area contributed by atoms with Crippen molar-refractivity contribution in [2.24, 2.45) is 0 Å². The van der Waals surface area contributed by atoms with E-state index in [-0.39, 0.29) is 19.2 Å². The number of nitrogens with zero attached hydrogens (tertiary/aromatic N) is 2. The van der Waals surface area contributed by atoms with Gasteiger partial charge in [0.1, 0.15) is 19.0 Å². The molecule has 0 bridgehead atoms. The lowest BCUT2D eigenvalue weighted by Gasteiger charge is -2.10. The standard InChI is InChI=1S/C22H29N5O2.C12H13NO2/c1-3-4-9-14-24-20-19(17(2)26-21(23)27-20)13-8-10-15-25-22(28)29-16-18-11-6-5-7-12-18;1-2-3-9-13-12(14)15-10-11-7-5-4-6-8-11/h5-7,11-12H,3-4,9-10,14-16H2,1-2H3,(H,25,28)(H3,23,24,26,27);1,4-8H,3,9-10H2,(H,13,14). The molecule has 0 saturated carbocycles. The first-order valence-corrected chi connectivity index (χ1v) is 14.6. The van der Waals surface area contributed by atoms with Crippen molar-refractivity contribution in [3.8, 4) is 24.2 Å². The highest BCUT2D eigenvalue weighted by Crippen LogP contribution is 2.16. The van der Waals surface area contributed by atoms with E-state index in [4.69, 9.17) is 21.6 Å². The molecule has 0 spiro atoms. The number of hydrogen-bond acceptors (Lipinski definition) is 8. The van der Waals surface area contributed by atoms with Crippen molar-refractivity contribution in [3.05, 3.63) is 83.0 Å². The molecule has 1 heterocycles. The molecule has 0 atom stereocenters. The lowest BCUT2D eigenvalue weighted by Crippen LogP contribution is -2.24. The average Bonchev–Trinajstić information content (AvgIpc) is 3.03. The summed E-state index contributed by atoms with van der Waals surface area (Å²) in [7, 11) is 0. The Morgan fingerprint density at radius 1 is 0.841 bits per heavy atom. The summed E-state index contributed by atoms with van der Waals surface area (Å²) in [4.78, 5) is 31.3. The summed E-state index contributed by atoms with van der Waals surface area (Å²) < 4.78 is 10.1. The fourth-order valence-electron chi connectivity index (χ4n) is 3.62. The van der Waals surface area contributed by atoms with Crippen LogP contribution < -0.4 is 21.7 Å². The number of carbonyl (C=O) groups excluding carboxylic acids is 2. The van der Waals surface area contributed by atoms with Gasteiger partial charge in [-0.15, -0.1) is 12.3 Å². The van der Waals surface area contributed by atoms with Crippen LogP contribution in [0.1, 0.15) is 61.4 Å². The Bertz CT molecular complexity index is 1380. The molecule has 0 aliphatic heterocycles. The second-order valence-corrected chi connectivity index (χ2v) is 9.51. The number of amides is 2. The maximum Gasteiger partial charge on any atom is 0.407 e. The zero-order valence-electron chi connectivity index (χ0n) is 25.5. The maximum absolute atomic E-state index is 11.7. The van der Waals surface area contributed by atoms with E-state index in [9.17, 15) is 9.59 Å². The minimum Gasteiger partial charge on any atom is -0.445 e. The van der Waals surface area contributed by atoms with Crippen molar-refractivity contribution in [2.45, 2.75) is 59.2 Å². The average molecular weight is 599 g/mol. The zero-order valence-corrected chi connectivity index (χ0v) is 25.5. The molecular formula is C34H42N6O4. The molecule has 5 N–H and O–H groups in total. The second kappa shape index (κ2) is 21.5. The molecule has 0 fully saturated rings. The summed E-state index contributed by atoms with van der Waals surface area (Å²) in [5.74, 6) is 9.47. The fourth-order valence-corrected chi connectivity index (χ4v) is 3.62. The molecule has 0 unspecified atom stereocenters. The first-order valence-electron chi connectivity index (χ1n) is 14.6. The van der Waals surface area contributed by atoms with Crippen molar-refractivity contribution in [3.63, 3.8) is 0 Å². The number of nitrogens with two attached hydrogens (primary N) is 1. The van der Waals surface area contributed by atoms with Crippen LogP contribution in [0.3, 0.4) is 0 Å². The number of terminal acetylenes is 1. The van der Waals surface area contributed by atoms with Crippen LogP contribution in [0, 0.1) is 31.1 Å². The Kier molecular flexibility index (Phi) is 17.1. The van der Waals surface area contributed by atoms with Crippen molar-refractivity contribution in [1.29, 1.82) is 0 Å². The van der Waals surface area contributed by atoms with Crippen molar-refractivity contribution >= 4 is 24.0 Å². The third kappa shape index (κ3) is 15.1. The number of nitrogen functional groups attached to an aromatic ring is 1. The summed E-state index contributed by atoms with van der Waals surface area (Å²) in [5, 5.41) is 8.54. The van der Waals surface area contributed by atoms with E-state index in [2.05, 4.69) is 50.6 Å². The number of alkyl carbamates (subject to hydrolysis) is 2. The number of aryl methyl sites for hydroxylation is 1. The van der Waals surface area contributed by atoms with E-state index in [0.29, 0.717) is 31.7 Å². The first-order chi connectivity index (χ1) is 21.4. The SMILES string of the molecule is C#CCCNC(=O)OCc1ccccc1.CCCCCNc1nc(N)nc(C)c1C#CCCNC(=O)OCc1ccccc1. The first kappa shape index (κ1) is 35.0. The van der Waals surface area contributed by atoms with Crippen LogP contribution in [-0.4, -0.2) is 41.8 Å². The van der Waals surface area contributed by atoms with E-state index >= 15 is 0 Å². The predicted molar refractivity (Wildman–Crippen MR) is 173 cm³/mol. The number of benzene rings is 2. The van der Waals surface area contributed by atoms with Crippen LogP contribution in [0.4, 0.5) is 21.4 Å². The van der Waals surface area contributed by atoms with Gasteiger partial charge >= 0.3 is 12.2 Å². The van der Waals surface area contributed by atoms with E-state index in [1.807, 2.05) is 67.6 Å². The summed E-state index contributed by atoms with van der Waals surface area (Å²) in [6.07, 6.45) is 8.51. The van der Waals surface area contributed by atoms with Gasteiger partial charge < -0.3 is 31.2 Å². The fraction of sp³-hybridized carbons (Fsp3) is 0.353. The minimum absolute atomic E-state index is 0.230. The monoisotopic (exact) mass is 598 g/mol. The molecule has 2 amide bonds. The normalized spacial score (nSPS) is 9.66. The quantitative estimate of drug-likeness (QED) is 0.148. The zero-order chi connectivity index (χ0) is 31.8. The molecule has 10 nitrogen and oxygen atoms in total. The van der Waals surface area contributed by atoms with Gasteiger partial charge in [-0.2, -0.15) is 4.98 Å². The van der Waals surface area contributed by atoms with Crippen molar-refractivity contribution in [2.75, 3.05) is 30.7 Å². The summed E-state index contributed by atoms with van der Waals surface area (Å²) >= 11 is 0. The number of nitrogens with one attached hydrogen (secondary N) is 3. The third-order valence-electron chi connectivity index (χ3n) is 5.88. The Morgan fingerprint density at radius 2 is 1.41 bits per heavy atom. The molecule has 44 heavy (non-hydrogen) atoms. The lowest BCUT2D eigenvalue weighted by molar-refractivity contribution is 0.139. The Labute approximate surface area is 260 Å². The Balaban J connectivity index is 0.000000378. The highest BCUT2D eigenvalue weighted by molar-refractivity contribution is 5.67. The van der Waals surface area contributed by atoms with Crippen LogP contribution in [0.2, 0.25) is 0 Å². The summed E-state index contributed by atoms with van der Waals surface area (Å²) in [5.41, 5.74) is 9.15. The highest BCUT2D eigenvalue weighted by atomic mass is 16.6. The van der Waals surface area contributed by atoms with Gasteiger partial charge in [0, 0.05) is 32.5 Å². The summed E-state index contributed by atoms with van der Waals surface area (Å²) in [6.45, 7) is 6.20. The number of anilines is 2. The van der Waals surface area contributed by atoms with Crippen LogP contribution in [0.5, 0.6) is 0 Å². The number of ether oxygens (including phenoxy) is 2.